The molecule has 5 nitrogen and oxygen atoms in total. The Kier molecular flexibility index (Phi) is 6.96. The van der Waals surface area contributed by atoms with Gasteiger partial charge in [0, 0.05) is 34.6 Å². The third-order valence-electron chi connectivity index (χ3n) is 7.98. The van der Waals surface area contributed by atoms with Gasteiger partial charge in [-0.1, -0.05) is 41.4 Å². The zero-order valence-electron chi connectivity index (χ0n) is 20.0. The smallest absolute Gasteiger partial charge is 0.343 e. The molecule has 2 aromatic carbocycles. The van der Waals surface area contributed by atoms with E-state index >= 15 is 0 Å². The third-order valence-corrected chi connectivity index (χ3v) is 8.53. The number of halogens is 5. The van der Waals surface area contributed by atoms with Crippen molar-refractivity contribution in [3.8, 4) is 0 Å². The van der Waals surface area contributed by atoms with Gasteiger partial charge < -0.3 is 16.0 Å². The van der Waals surface area contributed by atoms with E-state index in [1.807, 2.05) is 4.90 Å². The maximum absolute atomic E-state index is 13.9. The number of amides is 2. The molecule has 0 aromatic heterocycles. The second kappa shape index (κ2) is 9.79. The zero-order valence-corrected chi connectivity index (χ0v) is 21.5. The molecule has 3 aliphatic rings. The van der Waals surface area contributed by atoms with Crippen LogP contribution in [-0.2, 0) is 27.6 Å². The van der Waals surface area contributed by atoms with Crippen LogP contribution in [0.5, 0.6) is 0 Å². The summed E-state index contributed by atoms with van der Waals surface area (Å²) in [4.78, 5) is 29.4. The van der Waals surface area contributed by atoms with Crippen molar-refractivity contribution >= 4 is 35.0 Å². The number of carbonyl (C=O) groups is 2. The summed E-state index contributed by atoms with van der Waals surface area (Å²) in [5.41, 5.74) is 5.74. The molecule has 2 aromatic rings. The van der Waals surface area contributed by atoms with Crippen molar-refractivity contribution in [3.63, 3.8) is 0 Å². The molecule has 198 valence electrons. The van der Waals surface area contributed by atoms with Crippen molar-refractivity contribution in [2.45, 2.75) is 80.7 Å². The van der Waals surface area contributed by atoms with E-state index in [0.717, 1.165) is 25.0 Å². The molecule has 0 spiro atoms. The Hall–Kier alpha value is -2.29. The molecular weight excluding hydrogens is 526 g/mol. The minimum absolute atomic E-state index is 0.00820. The van der Waals surface area contributed by atoms with Crippen LogP contribution < -0.4 is 11.1 Å². The van der Waals surface area contributed by atoms with Crippen molar-refractivity contribution < 1.29 is 22.8 Å². The van der Waals surface area contributed by atoms with Gasteiger partial charge >= 0.3 is 6.18 Å². The summed E-state index contributed by atoms with van der Waals surface area (Å²) in [5.74, 6) is -0.534. The first-order valence-electron chi connectivity index (χ1n) is 12.5. The number of nitrogens with one attached hydrogen (secondary N) is 1. The van der Waals surface area contributed by atoms with Crippen molar-refractivity contribution in [2.24, 2.45) is 5.73 Å². The van der Waals surface area contributed by atoms with Gasteiger partial charge in [0.1, 0.15) is 6.04 Å². The van der Waals surface area contributed by atoms with Gasteiger partial charge in [0.2, 0.25) is 11.8 Å². The number of fused-ring (bicyclic) bond motifs is 2. The minimum atomic E-state index is -4.45. The Morgan fingerprint density at radius 1 is 1.05 bits per heavy atom. The lowest BCUT2D eigenvalue weighted by molar-refractivity contribution is -0.141. The maximum atomic E-state index is 13.9. The van der Waals surface area contributed by atoms with E-state index in [-0.39, 0.29) is 36.4 Å². The number of nitrogens with zero attached hydrogens (tertiary/aromatic N) is 1. The topological polar surface area (TPSA) is 75.4 Å². The lowest BCUT2D eigenvalue weighted by Crippen LogP contribution is -2.58. The maximum Gasteiger partial charge on any atom is 0.416 e. The Bertz CT molecular complexity index is 1190. The standard InChI is InChI=1S/C27H28Cl2F3N3O2/c28-17-5-8-21(22(29)12-17)26(9-10-26)25(37)34-23(11-15-1-3-16(4-2-15)27(30,31)32)24(36)35-19-6-7-20(35)14-18(33)13-19/h1-5,8,12,18-20,23H,6-7,9-11,13-14,33H2,(H,34,37). The molecule has 2 bridgehead atoms. The quantitative estimate of drug-likeness (QED) is 0.512. The average molecular weight is 554 g/mol. The normalized spacial score (nSPS) is 25.0. The van der Waals surface area contributed by atoms with E-state index in [1.165, 1.54) is 12.1 Å². The predicted octanol–water partition coefficient (Wildman–Crippen LogP) is 5.25. The molecule has 3 fully saturated rings. The van der Waals surface area contributed by atoms with Gasteiger partial charge in [0.15, 0.2) is 0 Å². The van der Waals surface area contributed by atoms with Crippen LogP contribution in [0.1, 0.15) is 55.2 Å². The lowest BCUT2D eigenvalue weighted by atomic mass is 9.93. The van der Waals surface area contributed by atoms with Gasteiger partial charge in [-0.05, 0) is 73.9 Å². The molecule has 10 heteroatoms. The largest absolute Gasteiger partial charge is 0.416 e. The summed E-state index contributed by atoms with van der Waals surface area (Å²) in [6.07, 6.45) is -0.110. The van der Waals surface area contributed by atoms with Crippen LogP contribution in [0.2, 0.25) is 10.0 Å². The average Bonchev–Trinajstić information content (AvgIpc) is 3.58. The number of carbonyl (C=O) groups excluding carboxylic acids is 2. The van der Waals surface area contributed by atoms with Crippen molar-refractivity contribution in [1.29, 1.82) is 0 Å². The Morgan fingerprint density at radius 3 is 2.22 bits per heavy atom. The highest BCUT2D eigenvalue weighted by atomic mass is 35.5. The molecule has 0 radical (unpaired) electrons. The Balaban J connectivity index is 1.41. The molecule has 1 aliphatic carbocycles. The summed E-state index contributed by atoms with van der Waals surface area (Å²) < 4.78 is 39.2. The number of rotatable bonds is 6. The second-order valence-corrected chi connectivity index (χ2v) is 11.3. The first kappa shape index (κ1) is 26.3. The number of benzene rings is 2. The van der Waals surface area contributed by atoms with Crippen LogP contribution in [0.4, 0.5) is 13.2 Å². The number of piperidine rings is 1. The van der Waals surface area contributed by atoms with E-state index < -0.39 is 23.2 Å². The Morgan fingerprint density at radius 2 is 1.68 bits per heavy atom. The zero-order chi connectivity index (χ0) is 26.5. The van der Waals surface area contributed by atoms with Crippen LogP contribution in [0.15, 0.2) is 42.5 Å². The lowest BCUT2D eigenvalue weighted by Gasteiger charge is -2.40. The van der Waals surface area contributed by atoms with Crippen molar-refractivity contribution in [2.75, 3.05) is 0 Å². The van der Waals surface area contributed by atoms with E-state index in [1.54, 1.807) is 18.2 Å². The second-order valence-electron chi connectivity index (χ2n) is 10.5. The number of nitrogens with two attached hydrogens (primary N) is 1. The van der Waals surface area contributed by atoms with Gasteiger partial charge in [0.25, 0.3) is 0 Å². The molecule has 3 atom stereocenters. The first-order chi connectivity index (χ1) is 17.5. The Labute approximate surface area is 223 Å². The SMILES string of the molecule is NC1CC2CCC(C1)N2C(=O)C(Cc1ccc(C(F)(F)F)cc1)NC(=O)C1(c2ccc(Cl)cc2Cl)CC1. The molecule has 5 rings (SSSR count). The highest BCUT2D eigenvalue weighted by Crippen LogP contribution is 2.51. The number of hydrogen-bond donors (Lipinski definition) is 2. The van der Waals surface area contributed by atoms with Crippen LogP contribution in [-0.4, -0.2) is 40.9 Å². The van der Waals surface area contributed by atoms with Gasteiger partial charge in [0.05, 0.1) is 11.0 Å². The fraction of sp³-hybridized carbons (Fsp3) is 0.481. The summed E-state index contributed by atoms with van der Waals surface area (Å²) in [6, 6.07) is 8.84. The van der Waals surface area contributed by atoms with E-state index in [2.05, 4.69) is 5.32 Å². The number of hydrogen-bond acceptors (Lipinski definition) is 3. The summed E-state index contributed by atoms with van der Waals surface area (Å²) in [5, 5.41) is 3.80. The van der Waals surface area contributed by atoms with E-state index in [9.17, 15) is 22.8 Å². The minimum Gasteiger partial charge on any atom is -0.343 e. The van der Waals surface area contributed by atoms with Crippen LogP contribution in [0.25, 0.3) is 0 Å². The van der Waals surface area contributed by atoms with Gasteiger partial charge in [-0.3, -0.25) is 9.59 Å². The number of alkyl halides is 3. The van der Waals surface area contributed by atoms with Gasteiger partial charge in [-0.25, -0.2) is 0 Å². The highest BCUT2D eigenvalue weighted by Gasteiger charge is 2.53. The van der Waals surface area contributed by atoms with E-state index in [0.29, 0.717) is 46.9 Å². The molecular formula is C27H28Cl2F3N3O2. The van der Waals surface area contributed by atoms with Crippen molar-refractivity contribution in [3.05, 3.63) is 69.2 Å². The third kappa shape index (κ3) is 5.20. The highest BCUT2D eigenvalue weighted by molar-refractivity contribution is 6.35. The van der Waals surface area contributed by atoms with Crippen LogP contribution in [0, 0.1) is 0 Å². The summed E-state index contributed by atoms with van der Waals surface area (Å²) in [6.45, 7) is 0. The summed E-state index contributed by atoms with van der Waals surface area (Å²) in [7, 11) is 0. The van der Waals surface area contributed by atoms with E-state index in [4.69, 9.17) is 28.9 Å². The fourth-order valence-corrected chi connectivity index (χ4v) is 6.53. The first-order valence-corrected chi connectivity index (χ1v) is 13.2. The van der Waals surface area contributed by atoms with Crippen molar-refractivity contribution in [1.82, 2.24) is 10.2 Å². The summed E-state index contributed by atoms with van der Waals surface area (Å²) >= 11 is 12.5. The van der Waals surface area contributed by atoms with Gasteiger partial charge in [-0.15, -0.1) is 0 Å². The molecule has 2 aliphatic heterocycles. The van der Waals surface area contributed by atoms with Gasteiger partial charge in [-0.2, -0.15) is 13.2 Å². The molecule has 2 saturated heterocycles. The predicted molar refractivity (Wildman–Crippen MR) is 135 cm³/mol. The van der Waals surface area contributed by atoms with Crippen LogP contribution in [0.3, 0.4) is 0 Å². The molecule has 3 unspecified atom stereocenters. The monoisotopic (exact) mass is 553 g/mol. The molecule has 37 heavy (non-hydrogen) atoms. The fourth-order valence-electron chi connectivity index (χ4n) is 5.94. The molecule has 2 amide bonds. The molecule has 3 N–H and O–H groups in total. The van der Waals surface area contributed by atoms with Crippen LogP contribution >= 0.6 is 23.2 Å². The molecule has 2 heterocycles. The molecule has 1 saturated carbocycles.